The number of esters is 2. The first kappa shape index (κ1) is 15.1. The van der Waals surface area contributed by atoms with E-state index in [0.29, 0.717) is 16.3 Å². The van der Waals surface area contributed by atoms with Gasteiger partial charge in [-0.25, -0.2) is 9.59 Å². The molecule has 1 aromatic carbocycles. The lowest BCUT2D eigenvalue weighted by molar-refractivity contribution is -0.146. The molecule has 2 rings (SSSR count). The number of furan rings is 1. The van der Waals surface area contributed by atoms with Gasteiger partial charge in [-0.3, -0.25) is 0 Å². The van der Waals surface area contributed by atoms with Crippen molar-refractivity contribution in [2.75, 3.05) is 13.2 Å². The normalized spacial score (nSPS) is 10.2. The van der Waals surface area contributed by atoms with Crippen molar-refractivity contribution >= 4 is 23.5 Å². The number of carbonyl (C=O) groups is 2. The lowest BCUT2D eigenvalue weighted by Gasteiger charge is -2.03. The van der Waals surface area contributed by atoms with E-state index < -0.39 is 18.5 Å². The molecular weight excluding hydrogens is 296 g/mol. The molecular formula is C15H13ClO5. The molecule has 0 bridgehead atoms. The van der Waals surface area contributed by atoms with Crippen molar-refractivity contribution in [2.24, 2.45) is 0 Å². The van der Waals surface area contributed by atoms with E-state index in [-0.39, 0.29) is 12.4 Å². The fraction of sp³-hybridized carbons (Fsp3) is 0.200. The smallest absolute Gasteiger partial charge is 0.374 e. The van der Waals surface area contributed by atoms with Gasteiger partial charge < -0.3 is 13.9 Å². The summed E-state index contributed by atoms with van der Waals surface area (Å²) in [7, 11) is 0. The quantitative estimate of drug-likeness (QED) is 0.793. The molecule has 0 unspecified atom stereocenters. The minimum atomic E-state index is -0.735. The van der Waals surface area contributed by atoms with Crippen molar-refractivity contribution in [1.82, 2.24) is 0 Å². The Bertz CT molecular complexity index is 647. The van der Waals surface area contributed by atoms with Gasteiger partial charge in [-0.15, -0.1) is 0 Å². The molecule has 6 heteroatoms. The third-order valence-corrected chi connectivity index (χ3v) is 2.90. The number of rotatable bonds is 5. The van der Waals surface area contributed by atoms with Crippen LogP contribution in [0.25, 0.3) is 11.3 Å². The second-order valence-electron chi connectivity index (χ2n) is 4.02. The van der Waals surface area contributed by atoms with Crippen molar-refractivity contribution in [1.29, 1.82) is 0 Å². The molecule has 5 nitrogen and oxygen atoms in total. The molecule has 0 spiro atoms. The standard InChI is InChI=1S/C15H13ClO5/c1-2-19-14(17)9-20-15(18)13-8-7-12(21-13)10-5-3-4-6-11(10)16/h3-8H,2,9H2,1H3. The van der Waals surface area contributed by atoms with Crippen LogP contribution in [-0.2, 0) is 14.3 Å². The van der Waals surface area contributed by atoms with Gasteiger partial charge in [0.25, 0.3) is 0 Å². The predicted molar refractivity (Wildman–Crippen MR) is 76.1 cm³/mol. The van der Waals surface area contributed by atoms with Gasteiger partial charge in [0, 0.05) is 5.56 Å². The molecule has 2 aromatic rings. The second-order valence-corrected chi connectivity index (χ2v) is 4.43. The highest BCUT2D eigenvalue weighted by molar-refractivity contribution is 6.33. The lowest BCUT2D eigenvalue weighted by atomic mass is 10.2. The highest BCUT2D eigenvalue weighted by Gasteiger charge is 2.16. The van der Waals surface area contributed by atoms with Crippen LogP contribution in [0.4, 0.5) is 0 Å². The Labute approximate surface area is 126 Å². The third-order valence-electron chi connectivity index (χ3n) is 2.57. The van der Waals surface area contributed by atoms with Crippen LogP contribution in [0, 0.1) is 0 Å². The molecule has 0 aliphatic carbocycles. The third kappa shape index (κ3) is 3.86. The highest BCUT2D eigenvalue weighted by Crippen LogP contribution is 2.29. The molecule has 0 saturated carbocycles. The van der Waals surface area contributed by atoms with Gasteiger partial charge in [0.2, 0.25) is 5.76 Å². The summed E-state index contributed by atoms with van der Waals surface area (Å²) < 4.78 is 14.8. The number of benzene rings is 1. The zero-order chi connectivity index (χ0) is 15.2. The van der Waals surface area contributed by atoms with Crippen LogP contribution in [0.2, 0.25) is 5.02 Å². The molecule has 0 aliphatic heterocycles. The highest BCUT2D eigenvalue weighted by atomic mass is 35.5. The maximum absolute atomic E-state index is 11.7. The van der Waals surface area contributed by atoms with Gasteiger partial charge in [-0.1, -0.05) is 23.7 Å². The summed E-state index contributed by atoms with van der Waals surface area (Å²) in [5.41, 5.74) is 0.670. The van der Waals surface area contributed by atoms with Crippen molar-refractivity contribution < 1.29 is 23.5 Å². The van der Waals surface area contributed by atoms with Gasteiger partial charge in [0.05, 0.1) is 11.6 Å². The van der Waals surface area contributed by atoms with E-state index in [4.69, 9.17) is 20.8 Å². The summed E-state index contributed by atoms with van der Waals surface area (Å²) >= 11 is 6.05. The average molecular weight is 309 g/mol. The van der Waals surface area contributed by atoms with Crippen molar-refractivity contribution in [2.45, 2.75) is 6.92 Å². The number of carbonyl (C=O) groups excluding carboxylic acids is 2. The fourth-order valence-corrected chi connectivity index (χ4v) is 1.88. The van der Waals surface area contributed by atoms with Crippen LogP contribution in [-0.4, -0.2) is 25.2 Å². The van der Waals surface area contributed by atoms with E-state index in [1.165, 1.54) is 6.07 Å². The van der Waals surface area contributed by atoms with E-state index in [1.54, 1.807) is 31.2 Å². The topological polar surface area (TPSA) is 65.7 Å². The second kappa shape index (κ2) is 6.95. The van der Waals surface area contributed by atoms with Crippen LogP contribution < -0.4 is 0 Å². The predicted octanol–water partition coefficient (Wildman–Crippen LogP) is 3.32. The minimum Gasteiger partial charge on any atom is -0.463 e. The average Bonchev–Trinajstić information content (AvgIpc) is 2.95. The van der Waals surface area contributed by atoms with Gasteiger partial charge in [-0.2, -0.15) is 0 Å². The molecule has 1 heterocycles. The Kier molecular flexibility index (Phi) is 5.00. The number of halogens is 1. The van der Waals surface area contributed by atoms with Crippen molar-refractivity contribution in [3.8, 4) is 11.3 Å². The maximum Gasteiger partial charge on any atom is 0.374 e. The molecule has 0 atom stereocenters. The van der Waals surface area contributed by atoms with Crippen LogP contribution in [0.3, 0.4) is 0 Å². The lowest BCUT2D eigenvalue weighted by Crippen LogP contribution is -2.16. The molecule has 0 fully saturated rings. The number of hydrogen-bond donors (Lipinski definition) is 0. The Morgan fingerprint density at radius 1 is 1.14 bits per heavy atom. The minimum absolute atomic E-state index is 0.00535. The first-order chi connectivity index (χ1) is 10.1. The van der Waals surface area contributed by atoms with Crippen molar-refractivity contribution in [3.63, 3.8) is 0 Å². The largest absolute Gasteiger partial charge is 0.463 e. The van der Waals surface area contributed by atoms with Crippen LogP contribution in [0.5, 0.6) is 0 Å². The van der Waals surface area contributed by atoms with Gasteiger partial charge >= 0.3 is 11.9 Å². The first-order valence-electron chi connectivity index (χ1n) is 6.29. The number of hydrogen-bond acceptors (Lipinski definition) is 5. The maximum atomic E-state index is 11.7. The first-order valence-corrected chi connectivity index (χ1v) is 6.67. The fourth-order valence-electron chi connectivity index (χ4n) is 1.65. The Balaban J connectivity index is 2.05. The zero-order valence-electron chi connectivity index (χ0n) is 11.3. The monoisotopic (exact) mass is 308 g/mol. The molecule has 0 aliphatic rings. The summed E-state index contributed by atoms with van der Waals surface area (Å²) in [6.45, 7) is 1.45. The van der Waals surface area contributed by atoms with Gasteiger partial charge in [0.1, 0.15) is 5.76 Å². The summed E-state index contributed by atoms with van der Waals surface area (Å²) in [4.78, 5) is 22.8. The van der Waals surface area contributed by atoms with Crippen LogP contribution >= 0.6 is 11.6 Å². The summed E-state index contributed by atoms with van der Waals surface area (Å²) in [5, 5.41) is 0.512. The zero-order valence-corrected chi connectivity index (χ0v) is 12.1. The summed E-state index contributed by atoms with van der Waals surface area (Å²) in [6, 6.07) is 10.2. The van der Waals surface area contributed by atoms with Crippen LogP contribution in [0.1, 0.15) is 17.5 Å². The molecule has 1 aromatic heterocycles. The van der Waals surface area contributed by atoms with Crippen molar-refractivity contribution in [3.05, 3.63) is 47.2 Å². The Hall–Kier alpha value is -2.27. The van der Waals surface area contributed by atoms with E-state index in [2.05, 4.69) is 4.74 Å². The van der Waals surface area contributed by atoms with E-state index in [0.717, 1.165) is 0 Å². The summed E-state index contributed by atoms with van der Waals surface area (Å²) in [6.07, 6.45) is 0. The van der Waals surface area contributed by atoms with E-state index >= 15 is 0 Å². The Morgan fingerprint density at radius 3 is 2.62 bits per heavy atom. The summed E-state index contributed by atoms with van der Waals surface area (Å²) in [5.74, 6) is -0.900. The van der Waals surface area contributed by atoms with Crippen LogP contribution in [0.15, 0.2) is 40.8 Å². The SMILES string of the molecule is CCOC(=O)COC(=O)c1ccc(-c2ccccc2Cl)o1. The molecule has 0 N–H and O–H groups in total. The van der Waals surface area contributed by atoms with E-state index in [9.17, 15) is 9.59 Å². The molecule has 110 valence electrons. The van der Waals surface area contributed by atoms with Gasteiger partial charge in [-0.05, 0) is 31.2 Å². The molecule has 0 saturated heterocycles. The number of ether oxygens (including phenoxy) is 2. The van der Waals surface area contributed by atoms with E-state index in [1.807, 2.05) is 6.07 Å². The molecule has 0 amide bonds. The van der Waals surface area contributed by atoms with Gasteiger partial charge in [0.15, 0.2) is 6.61 Å². The Morgan fingerprint density at radius 2 is 1.90 bits per heavy atom. The molecule has 21 heavy (non-hydrogen) atoms. The molecule has 0 radical (unpaired) electrons.